The number of carbonyl (C=O) groups is 3. The molecule has 0 spiro atoms. The molecule has 0 radical (unpaired) electrons. The van der Waals surface area contributed by atoms with E-state index in [0.29, 0.717) is 12.8 Å². The molecule has 1 rings (SSSR count). The Kier molecular flexibility index (Phi) is 5.14. The summed E-state index contributed by atoms with van der Waals surface area (Å²) in [6, 6.07) is -1.42. The van der Waals surface area contributed by atoms with Crippen LogP contribution in [-0.2, 0) is 24.2 Å². The lowest BCUT2D eigenvalue weighted by atomic mass is 9.81. The Hall–Kier alpha value is -1.44. The summed E-state index contributed by atoms with van der Waals surface area (Å²) in [4.78, 5) is 36.6. The van der Waals surface area contributed by atoms with Gasteiger partial charge in [0, 0.05) is 12.7 Å². The van der Waals surface area contributed by atoms with Crippen LogP contribution >= 0.6 is 0 Å². The third-order valence-electron chi connectivity index (χ3n) is 4.14. The average molecular weight is 319 g/mol. The van der Waals surface area contributed by atoms with Crippen LogP contribution in [-0.4, -0.2) is 54.3 Å². The summed E-state index contributed by atoms with van der Waals surface area (Å²) < 4.78 is 22.4. The summed E-state index contributed by atoms with van der Waals surface area (Å²) in [5.41, 5.74) is -0.851. The van der Waals surface area contributed by atoms with E-state index in [1.807, 2.05) is 0 Å². The number of sulfone groups is 1. The molecule has 0 aromatic carbocycles. The van der Waals surface area contributed by atoms with E-state index >= 15 is 0 Å². The molecule has 0 aromatic rings. The molecule has 0 aliphatic carbocycles. The maximum Gasteiger partial charge on any atom is 0.326 e. The van der Waals surface area contributed by atoms with E-state index in [4.69, 9.17) is 0 Å². The fraction of sp³-hybridized carbons (Fsp3) is 0.769. The van der Waals surface area contributed by atoms with Gasteiger partial charge in [-0.1, -0.05) is 13.8 Å². The zero-order valence-electron chi connectivity index (χ0n) is 12.5. The van der Waals surface area contributed by atoms with Crippen molar-refractivity contribution in [2.45, 2.75) is 45.6 Å². The van der Waals surface area contributed by atoms with Crippen LogP contribution in [0.25, 0.3) is 0 Å². The monoisotopic (exact) mass is 319 g/mol. The molecule has 0 bridgehead atoms. The Bertz CT molecular complexity index is 549. The number of likely N-dealkylation sites (tertiary alicyclic amines) is 1. The largest absolute Gasteiger partial charge is 0.480 e. The van der Waals surface area contributed by atoms with Gasteiger partial charge in [-0.05, 0) is 19.3 Å². The molecule has 0 aromatic heterocycles. The van der Waals surface area contributed by atoms with Gasteiger partial charge in [-0.25, -0.2) is 13.2 Å². The highest BCUT2D eigenvalue weighted by Gasteiger charge is 2.52. The van der Waals surface area contributed by atoms with E-state index in [0.717, 1.165) is 11.2 Å². The van der Waals surface area contributed by atoms with E-state index in [2.05, 4.69) is 0 Å². The lowest BCUT2D eigenvalue weighted by Crippen LogP contribution is -2.47. The first kappa shape index (κ1) is 17.6. The highest BCUT2D eigenvalue weighted by atomic mass is 32.2. The molecule has 7 nitrogen and oxygen atoms in total. The predicted octanol–water partition coefficient (Wildman–Crippen LogP) is 0.440. The van der Waals surface area contributed by atoms with Crippen LogP contribution < -0.4 is 0 Å². The van der Waals surface area contributed by atoms with Crippen molar-refractivity contribution in [2.24, 2.45) is 5.41 Å². The first-order valence-corrected chi connectivity index (χ1v) is 8.91. The van der Waals surface area contributed by atoms with Crippen molar-refractivity contribution in [1.82, 2.24) is 4.90 Å². The van der Waals surface area contributed by atoms with Gasteiger partial charge in [-0.15, -0.1) is 0 Å². The Morgan fingerprint density at radius 1 is 1.33 bits per heavy atom. The Morgan fingerprint density at radius 2 is 1.86 bits per heavy atom. The molecule has 0 saturated carbocycles. The summed E-state index contributed by atoms with van der Waals surface area (Å²) in [5, 5.41) is 9.24. The fourth-order valence-electron chi connectivity index (χ4n) is 2.63. The summed E-state index contributed by atoms with van der Waals surface area (Å²) in [7, 11) is -3.37. The zero-order valence-corrected chi connectivity index (χ0v) is 13.3. The van der Waals surface area contributed by atoms with Crippen LogP contribution in [0.15, 0.2) is 0 Å². The molecule has 1 atom stereocenters. The van der Waals surface area contributed by atoms with E-state index in [9.17, 15) is 27.9 Å². The Labute approximate surface area is 124 Å². The first-order valence-electron chi connectivity index (χ1n) is 6.85. The normalized spacial score (nSPS) is 19.9. The number of amides is 2. The van der Waals surface area contributed by atoms with Gasteiger partial charge in [0.2, 0.25) is 11.8 Å². The molecule has 8 heteroatoms. The summed E-state index contributed by atoms with van der Waals surface area (Å²) >= 11 is 0. The van der Waals surface area contributed by atoms with Crippen molar-refractivity contribution >= 4 is 27.6 Å². The molecular formula is C13H21NO6S. The third kappa shape index (κ3) is 3.61. The number of hydrogen-bond acceptors (Lipinski definition) is 5. The number of imide groups is 1. The Morgan fingerprint density at radius 3 is 2.19 bits per heavy atom. The van der Waals surface area contributed by atoms with Crippen molar-refractivity contribution in [1.29, 1.82) is 0 Å². The second-order valence-corrected chi connectivity index (χ2v) is 7.77. The summed E-state index contributed by atoms with van der Waals surface area (Å²) in [6.45, 7) is 3.56. The van der Waals surface area contributed by atoms with Gasteiger partial charge in [0.1, 0.15) is 15.9 Å². The molecule has 2 amide bonds. The van der Waals surface area contributed by atoms with E-state index in [1.165, 1.54) is 0 Å². The number of carbonyl (C=O) groups excluding carboxylic acids is 2. The second kappa shape index (κ2) is 6.13. The van der Waals surface area contributed by atoms with Crippen LogP contribution in [0.5, 0.6) is 0 Å². The Balaban J connectivity index is 3.06. The fourth-order valence-corrected chi connectivity index (χ4v) is 3.28. The quantitative estimate of drug-likeness (QED) is 0.682. The number of aliphatic carboxylic acids is 1. The van der Waals surface area contributed by atoms with Crippen molar-refractivity contribution in [3.05, 3.63) is 0 Å². The number of carboxylic acids is 1. The summed E-state index contributed by atoms with van der Waals surface area (Å²) in [5.74, 6) is -2.78. The maximum absolute atomic E-state index is 12.5. The summed E-state index contributed by atoms with van der Waals surface area (Å²) in [6.07, 6.45) is 1.59. The van der Waals surface area contributed by atoms with Crippen LogP contribution in [0.2, 0.25) is 0 Å². The number of hydrogen-bond donors (Lipinski definition) is 1. The average Bonchev–Trinajstić information content (AvgIpc) is 2.62. The smallest absolute Gasteiger partial charge is 0.326 e. The van der Waals surface area contributed by atoms with Crippen LogP contribution in [0.3, 0.4) is 0 Å². The van der Waals surface area contributed by atoms with Crippen molar-refractivity contribution < 1.29 is 27.9 Å². The molecule has 1 fully saturated rings. The lowest BCUT2D eigenvalue weighted by Gasteiger charge is -2.27. The maximum atomic E-state index is 12.5. The minimum absolute atomic E-state index is 0.0124. The SMILES string of the molecule is CCC1(CC)CC(=O)N(C(CCS(C)(=O)=O)C(=O)O)C1=O. The first-order chi connectivity index (χ1) is 9.58. The molecule has 1 aliphatic rings. The molecule has 120 valence electrons. The van der Waals surface area contributed by atoms with Crippen molar-refractivity contribution in [3.63, 3.8) is 0 Å². The number of rotatable bonds is 7. The highest BCUT2D eigenvalue weighted by molar-refractivity contribution is 7.90. The van der Waals surface area contributed by atoms with Gasteiger partial charge < -0.3 is 5.11 Å². The molecule has 1 unspecified atom stereocenters. The van der Waals surface area contributed by atoms with Gasteiger partial charge in [0.15, 0.2) is 0 Å². The number of nitrogens with zero attached hydrogens (tertiary/aromatic N) is 1. The van der Waals surface area contributed by atoms with Crippen LogP contribution in [0, 0.1) is 5.41 Å². The van der Waals surface area contributed by atoms with Gasteiger partial charge >= 0.3 is 5.97 Å². The molecule has 1 heterocycles. The molecule has 21 heavy (non-hydrogen) atoms. The minimum Gasteiger partial charge on any atom is -0.480 e. The molecule has 1 saturated heterocycles. The molecule has 1 aliphatic heterocycles. The minimum atomic E-state index is -3.37. The van der Waals surface area contributed by atoms with E-state index < -0.39 is 39.1 Å². The van der Waals surface area contributed by atoms with Gasteiger partial charge in [0.25, 0.3) is 0 Å². The topological polar surface area (TPSA) is 109 Å². The third-order valence-corrected chi connectivity index (χ3v) is 5.12. The molecule has 1 N–H and O–H groups in total. The van der Waals surface area contributed by atoms with Crippen molar-refractivity contribution in [2.75, 3.05) is 12.0 Å². The number of carboxylic acid groups (broad SMARTS) is 1. The lowest BCUT2D eigenvalue weighted by molar-refractivity contribution is -0.155. The second-order valence-electron chi connectivity index (χ2n) is 5.51. The predicted molar refractivity (Wildman–Crippen MR) is 75.2 cm³/mol. The van der Waals surface area contributed by atoms with Gasteiger partial charge in [0.05, 0.1) is 11.2 Å². The van der Waals surface area contributed by atoms with E-state index in [1.54, 1.807) is 13.8 Å². The van der Waals surface area contributed by atoms with Gasteiger partial charge in [-0.3, -0.25) is 14.5 Å². The van der Waals surface area contributed by atoms with Crippen LogP contribution in [0.1, 0.15) is 39.5 Å². The van der Waals surface area contributed by atoms with E-state index in [-0.39, 0.29) is 18.6 Å². The standard InChI is InChI=1S/C13H21NO6S/c1-4-13(5-2)8-10(15)14(12(13)18)9(11(16)17)6-7-21(3,19)20/h9H,4-8H2,1-3H3,(H,16,17). The van der Waals surface area contributed by atoms with Crippen LogP contribution in [0.4, 0.5) is 0 Å². The van der Waals surface area contributed by atoms with Gasteiger partial charge in [-0.2, -0.15) is 0 Å². The van der Waals surface area contributed by atoms with Crippen molar-refractivity contribution in [3.8, 4) is 0 Å². The molecular weight excluding hydrogens is 298 g/mol. The highest BCUT2D eigenvalue weighted by Crippen LogP contribution is 2.40. The zero-order chi connectivity index (χ0) is 16.4.